The number of rotatable bonds is 5. The first-order valence-electron chi connectivity index (χ1n) is 8.21. The van der Waals surface area contributed by atoms with Crippen molar-refractivity contribution in [1.29, 1.82) is 0 Å². The summed E-state index contributed by atoms with van der Waals surface area (Å²) in [5, 5.41) is 5.81. The van der Waals surface area contributed by atoms with Gasteiger partial charge in [0.05, 0.1) is 18.4 Å². The van der Waals surface area contributed by atoms with Gasteiger partial charge in [-0.15, -0.1) is 0 Å². The van der Waals surface area contributed by atoms with Crippen molar-refractivity contribution in [3.63, 3.8) is 0 Å². The Morgan fingerprint density at radius 2 is 1.74 bits per heavy atom. The van der Waals surface area contributed by atoms with Crippen LogP contribution in [0, 0.1) is 6.92 Å². The molecule has 1 aromatic heterocycles. The fraction of sp³-hybridized carbons (Fsp3) is 0.100. The topological polar surface area (TPSA) is 93.2 Å². The number of amides is 1. The number of anilines is 3. The van der Waals surface area contributed by atoms with Gasteiger partial charge in [-0.1, -0.05) is 29.8 Å². The molecule has 0 spiro atoms. The Morgan fingerprint density at radius 1 is 1.00 bits per heavy atom. The van der Waals surface area contributed by atoms with E-state index in [9.17, 15) is 9.59 Å². The van der Waals surface area contributed by atoms with E-state index in [-0.39, 0.29) is 11.6 Å². The first-order valence-corrected chi connectivity index (χ1v) is 8.21. The third-order valence-electron chi connectivity index (χ3n) is 3.80. The number of nitrogens with zero attached hydrogens (tertiary/aromatic N) is 2. The molecule has 1 heterocycles. The summed E-state index contributed by atoms with van der Waals surface area (Å²) in [5.41, 5.74) is 2.86. The van der Waals surface area contributed by atoms with Crippen LogP contribution >= 0.6 is 0 Å². The summed E-state index contributed by atoms with van der Waals surface area (Å²) < 4.78 is 4.78. The van der Waals surface area contributed by atoms with E-state index in [1.165, 1.54) is 19.5 Å². The van der Waals surface area contributed by atoms with Gasteiger partial charge in [-0.2, -0.15) is 0 Å². The van der Waals surface area contributed by atoms with Gasteiger partial charge in [0, 0.05) is 11.8 Å². The highest BCUT2D eigenvalue weighted by Crippen LogP contribution is 2.20. The van der Waals surface area contributed by atoms with Gasteiger partial charge in [0.1, 0.15) is 17.8 Å². The molecule has 0 aliphatic heterocycles. The van der Waals surface area contributed by atoms with Crippen molar-refractivity contribution in [3.05, 3.63) is 77.7 Å². The number of carbonyl (C=O) groups excluding carboxylic acids is 2. The predicted molar refractivity (Wildman–Crippen MR) is 102 cm³/mol. The number of hydrogen-bond acceptors (Lipinski definition) is 6. The van der Waals surface area contributed by atoms with Crippen molar-refractivity contribution in [1.82, 2.24) is 9.97 Å². The number of ether oxygens (including phenoxy) is 1. The highest BCUT2D eigenvalue weighted by molar-refractivity contribution is 6.03. The molecule has 3 rings (SSSR count). The summed E-state index contributed by atoms with van der Waals surface area (Å²) in [6.45, 7) is 1.97. The molecule has 2 N–H and O–H groups in total. The number of methoxy groups -OCH3 is 1. The van der Waals surface area contributed by atoms with Gasteiger partial charge >= 0.3 is 5.97 Å². The average Bonchev–Trinajstić information content (AvgIpc) is 2.70. The number of esters is 1. The quantitative estimate of drug-likeness (QED) is 0.674. The maximum Gasteiger partial charge on any atom is 0.339 e. The Labute approximate surface area is 156 Å². The second-order valence-electron chi connectivity index (χ2n) is 5.77. The maximum atomic E-state index is 12.4. The molecule has 1 amide bonds. The highest BCUT2D eigenvalue weighted by atomic mass is 16.5. The summed E-state index contributed by atoms with van der Waals surface area (Å²) in [7, 11) is 1.32. The smallest absolute Gasteiger partial charge is 0.339 e. The minimum atomic E-state index is -0.468. The number of carbonyl (C=O) groups is 2. The zero-order chi connectivity index (χ0) is 19.2. The summed E-state index contributed by atoms with van der Waals surface area (Å²) >= 11 is 0. The third-order valence-corrected chi connectivity index (χ3v) is 3.80. The molecular formula is C20H18N4O3. The molecule has 136 valence electrons. The van der Waals surface area contributed by atoms with Gasteiger partial charge in [-0.05, 0) is 31.2 Å². The Morgan fingerprint density at radius 3 is 2.48 bits per heavy atom. The molecule has 3 aromatic rings. The van der Waals surface area contributed by atoms with E-state index in [0.29, 0.717) is 22.8 Å². The Balaban J connectivity index is 1.79. The third kappa shape index (κ3) is 4.46. The van der Waals surface area contributed by atoms with Crippen LogP contribution < -0.4 is 10.6 Å². The van der Waals surface area contributed by atoms with Crippen LogP contribution in [-0.2, 0) is 4.74 Å². The molecule has 0 bridgehead atoms. The standard InChI is InChI=1S/C20H18N4O3/c1-13-7-9-14(10-8-13)23-19(25)17-11-18(22-12-21-17)24-16-6-4-3-5-15(16)20(26)27-2/h3-12H,1-2H3,(H,23,25)(H,21,22,24). The van der Waals surface area contributed by atoms with E-state index in [1.807, 2.05) is 31.2 Å². The molecule has 7 nitrogen and oxygen atoms in total. The van der Waals surface area contributed by atoms with Crippen LogP contribution in [0.2, 0.25) is 0 Å². The normalized spacial score (nSPS) is 10.1. The van der Waals surface area contributed by atoms with Crippen LogP contribution in [0.25, 0.3) is 0 Å². The molecule has 0 fully saturated rings. The van der Waals surface area contributed by atoms with Gasteiger partial charge in [-0.3, -0.25) is 4.79 Å². The molecule has 0 aliphatic rings. The van der Waals surface area contributed by atoms with E-state index in [1.54, 1.807) is 24.3 Å². The molecule has 7 heteroatoms. The van der Waals surface area contributed by atoms with Crippen molar-refractivity contribution in [2.24, 2.45) is 0 Å². The van der Waals surface area contributed by atoms with E-state index in [4.69, 9.17) is 4.74 Å². The van der Waals surface area contributed by atoms with Crippen LogP contribution in [-0.4, -0.2) is 29.0 Å². The Kier molecular flexibility index (Phi) is 5.41. The van der Waals surface area contributed by atoms with Crippen molar-refractivity contribution < 1.29 is 14.3 Å². The largest absolute Gasteiger partial charge is 0.465 e. The van der Waals surface area contributed by atoms with Crippen LogP contribution in [0.15, 0.2) is 60.9 Å². The van der Waals surface area contributed by atoms with E-state index >= 15 is 0 Å². The summed E-state index contributed by atoms with van der Waals surface area (Å²) in [6.07, 6.45) is 1.28. The zero-order valence-electron chi connectivity index (χ0n) is 14.9. The molecule has 0 saturated heterocycles. The molecular weight excluding hydrogens is 344 g/mol. The van der Waals surface area contributed by atoms with E-state index in [0.717, 1.165) is 5.56 Å². The van der Waals surface area contributed by atoms with Gasteiger partial charge in [-0.25, -0.2) is 14.8 Å². The number of hydrogen-bond donors (Lipinski definition) is 2. The number of nitrogens with one attached hydrogen (secondary N) is 2. The van der Waals surface area contributed by atoms with Gasteiger partial charge in [0.2, 0.25) is 0 Å². The monoisotopic (exact) mass is 362 g/mol. The van der Waals surface area contributed by atoms with Crippen LogP contribution in [0.5, 0.6) is 0 Å². The molecule has 2 aromatic carbocycles. The van der Waals surface area contributed by atoms with Crippen LogP contribution in [0.1, 0.15) is 26.4 Å². The average molecular weight is 362 g/mol. The summed E-state index contributed by atoms with van der Waals surface area (Å²) in [5.74, 6) is -0.439. The lowest BCUT2D eigenvalue weighted by Gasteiger charge is -2.10. The zero-order valence-corrected chi connectivity index (χ0v) is 14.9. The van der Waals surface area contributed by atoms with Crippen LogP contribution in [0.4, 0.5) is 17.2 Å². The maximum absolute atomic E-state index is 12.4. The highest BCUT2D eigenvalue weighted by Gasteiger charge is 2.13. The molecule has 27 heavy (non-hydrogen) atoms. The van der Waals surface area contributed by atoms with Gasteiger partial charge in [0.25, 0.3) is 5.91 Å². The van der Waals surface area contributed by atoms with E-state index < -0.39 is 5.97 Å². The second kappa shape index (κ2) is 8.09. The minimum absolute atomic E-state index is 0.198. The molecule has 0 radical (unpaired) electrons. The predicted octanol–water partition coefficient (Wildman–Crippen LogP) is 3.57. The molecule has 0 atom stereocenters. The number of para-hydroxylation sites is 1. The first kappa shape index (κ1) is 18.1. The SMILES string of the molecule is COC(=O)c1ccccc1Nc1cc(C(=O)Nc2ccc(C)cc2)ncn1. The van der Waals surface area contributed by atoms with Crippen molar-refractivity contribution in [2.75, 3.05) is 17.7 Å². The molecule has 0 unspecified atom stereocenters. The number of aromatic nitrogens is 2. The first-order chi connectivity index (χ1) is 13.1. The van der Waals surface area contributed by atoms with Gasteiger partial charge in [0.15, 0.2) is 0 Å². The molecule has 0 aliphatic carbocycles. The number of benzene rings is 2. The minimum Gasteiger partial charge on any atom is -0.465 e. The van der Waals surface area contributed by atoms with E-state index in [2.05, 4.69) is 20.6 Å². The molecule has 0 saturated carbocycles. The fourth-order valence-electron chi connectivity index (χ4n) is 2.40. The lowest BCUT2D eigenvalue weighted by atomic mass is 10.2. The van der Waals surface area contributed by atoms with Crippen molar-refractivity contribution in [2.45, 2.75) is 6.92 Å². The Bertz CT molecular complexity index is 971. The number of aryl methyl sites for hydroxylation is 1. The summed E-state index contributed by atoms with van der Waals surface area (Å²) in [4.78, 5) is 32.4. The fourth-order valence-corrected chi connectivity index (χ4v) is 2.40. The second-order valence-corrected chi connectivity index (χ2v) is 5.77. The lowest BCUT2D eigenvalue weighted by molar-refractivity contribution is 0.0601. The lowest BCUT2D eigenvalue weighted by Crippen LogP contribution is -2.14. The summed E-state index contributed by atoms with van der Waals surface area (Å²) in [6, 6.07) is 15.8. The van der Waals surface area contributed by atoms with Crippen molar-refractivity contribution in [3.8, 4) is 0 Å². The van der Waals surface area contributed by atoms with Gasteiger partial charge < -0.3 is 15.4 Å². The van der Waals surface area contributed by atoms with Crippen LogP contribution in [0.3, 0.4) is 0 Å². The van der Waals surface area contributed by atoms with Crippen molar-refractivity contribution >= 4 is 29.1 Å². The Hall–Kier alpha value is -3.74.